The van der Waals surface area contributed by atoms with Gasteiger partial charge in [0.1, 0.15) is 0 Å². The lowest BCUT2D eigenvalue weighted by molar-refractivity contribution is 0.0160. The molecule has 2 aromatic rings. The molecule has 2 heterocycles. The van der Waals surface area contributed by atoms with Crippen LogP contribution < -0.4 is 5.56 Å². The first-order chi connectivity index (χ1) is 9.62. The minimum atomic E-state index is -3.10. The molecular formula is C14H14BrF2N3O. The highest BCUT2D eigenvalue weighted by atomic mass is 79.9. The van der Waals surface area contributed by atoms with Crippen molar-refractivity contribution >= 4 is 15.9 Å². The first-order valence-electron chi connectivity index (χ1n) is 6.24. The van der Waals surface area contributed by atoms with Crippen LogP contribution in [-0.4, -0.2) is 14.8 Å². The van der Waals surface area contributed by atoms with E-state index in [4.69, 9.17) is 0 Å². The topological polar surface area (TPSA) is 47.8 Å². The number of rotatable bonds is 2. The molecule has 0 saturated heterocycles. The van der Waals surface area contributed by atoms with Crippen LogP contribution in [-0.2, 0) is 5.92 Å². The van der Waals surface area contributed by atoms with Gasteiger partial charge in [0.05, 0.1) is 11.9 Å². The molecule has 2 aromatic heterocycles. The molecule has 0 bridgehead atoms. The molecule has 0 atom stereocenters. The Hall–Kier alpha value is -1.63. The fraction of sp³-hybridized carbons (Fsp3) is 0.357. The first-order valence-corrected chi connectivity index (χ1v) is 7.03. The highest BCUT2D eigenvalue weighted by Gasteiger charge is 2.29. The molecule has 0 unspecified atom stereocenters. The monoisotopic (exact) mass is 357 g/mol. The molecule has 0 radical (unpaired) electrons. The Morgan fingerprint density at radius 1 is 1.29 bits per heavy atom. The minimum Gasteiger partial charge on any atom is -0.267 e. The van der Waals surface area contributed by atoms with Crippen LogP contribution in [0.3, 0.4) is 0 Å². The molecule has 0 aromatic carbocycles. The highest BCUT2D eigenvalue weighted by molar-refractivity contribution is 9.10. The summed E-state index contributed by atoms with van der Waals surface area (Å²) in [6.45, 7) is 5.67. The van der Waals surface area contributed by atoms with Crippen molar-refractivity contribution in [2.45, 2.75) is 33.6 Å². The average Bonchev–Trinajstić information content (AvgIpc) is 2.36. The Bertz CT molecular complexity index is 766. The van der Waals surface area contributed by atoms with Crippen molar-refractivity contribution in [3.63, 3.8) is 0 Å². The van der Waals surface area contributed by atoms with E-state index in [0.717, 1.165) is 27.8 Å². The number of halogens is 3. The molecule has 2 rings (SSSR count). The number of pyridine rings is 1. The van der Waals surface area contributed by atoms with Crippen LogP contribution in [0, 0.1) is 20.8 Å². The molecule has 0 spiro atoms. The predicted octanol–water partition coefficient (Wildman–Crippen LogP) is 3.43. The lowest BCUT2D eigenvalue weighted by Gasteiger charge is -2.15. The van der Waals surface area contributed by atoms with Gasteiger partial charge in [0.2, 0.25) is 0 Å². The van der Waals surface area contributed by atoms with E-state index in [1.54, 1.807) is 13.8 Å². The smallest absolute Gasteiger partial charge is 0.267 e. The van der Waals surface area contributed by atoms with E-state index < -0.39 is 11.5 Å². The second-order valence-electron chi connectivity index (χ2n) is 4.98. The maximum absolute atomic E-state index is 13.4. The molecule has 0 aliphatic carbocycles. The molecule has 0 amide bonds. The van der Waals surface area contributed by atoms with Gasteiger partial charge in [-0.15, -0.1) is 0 Å². The van der Waals surface area contributed by atoms with Gasteiger partial charge in [-0.1, -0.05) is 0 Å². The zero-order chi connectivity index (χ0) is 15.9. The Morgan fingerprint density at radius 2 is 1.90 bits per heavy atom. The van der Waals surface area contributed by atoms with Crippen molar-refractivity contribution < 1.29 is 8.78 Å². The van der Waals surface area contributed by atoms with Crippen LogP contribution >= 0.6 is 15.9 Å². The van der Waals surface area contributed by atoms with E-state index in [9.17, 15) is 13.6 Å². The van der Waals surface area contributed by atoms with Crippen molar-refractivity contribution in [1.29, 1.82) is 0 Å². The summed E-state index contributed by atoms with van der Waals surface area (Å²) in [6, 6.07) is 1.81. The lowest BCUT2D eigenvalue weighted by atomic mass is 10.1. The van der Waals surface area contributed by atoms with E-state index in [0.29, 0.717) is 11.5 Å². The molecule has 4 nitrogen and oxygen atoms in total. The van der Waals surface area contributed by atoms with E-state index >= 15 is 0 Å². The zero-order valence-electron chi connectivity index (χ0n) is 12.0. The zero-order valence-corrected chi connectivity index (χ0v) is 13.6. The Labute approximate surface area is 129 Å². The van der Waals surface area contributed by atoms with Gasteiger partial charge in [-0.2, -0.15) is 9.78 Å². The largest absolute Gasteiger partial charge is 0.276 e. The number of aryl methyl sites for hydroxylation is 2. The number of aromatic nitrogens is 3. The van der Waals surface area contributed by atoms with Crippen molar-refractivity contribution in [3.05, 3.63) is 49.5 Å². The van der Waals surface area contributed by atoms with Crippen LogP contribution in [0.1, 0.15) is 29.3 Å². The maximum atomic E-state index is 13.4. The van der Waals surface area contributed by atoms with Crippen LogP contribution in [0.15, 0.2) is 21.5 Å². The number of alkyl halides is 2. The van der Waals surface area contributed by atoms with Crippen molar-refractivity contribution in [2.24, 2.45) is 0 Å². The molecule has 0 N–H and O–H groups in total. The van der Waals surface area contributed by atoms with Gasteiger partial charge in [0.25, 0.3) is 11.5 Å². The van der Waals surface area contributed by atoms with Crippen LogP contribution in [0.5, 0.6) is 0 Å². The van der Waals surface area contributed by atoms with Gasteiger partial charge in [-0.05, 0) is 48.3 Å². The fourth-order valence-corrected chi connectivity index (χ4v) is 2.44. The van der Waals surface area contributed by atoms with Crippen LogP contribution in [0.2, 0.25) is 0 Å². The molecule has 0 saturated carbocycles. The molecule has 112 valence electrons. The molecular weight excluding hydrogens is 344 g/mol. The van der Waals surface area contributed by atoms with Gasteiger partial charge in [0, 0.05) is 22.5 Å². The third kappa shape index (κ3) is 2.88. The predicted molar refractivity (Wildman–Crippen MR) is 79.1 cm³/mol. The molecule has 0 aliphatic rings. The van der Waals surface area contributed by atoms with Crippen LogP contribution in [0.4, 0.5) is 8.78 Å². The highest BCUT2D eigenvalue weighted by Crippen LogP contribution is 2.27. The summed E-state index contributed by atoms with van der Waals surface area (Å²) < 4.78 is 28.7. The van der Waals surface area contributed by atoms with Crippen LogP contribution in [0.25, 0.3) is 5.82 Å². The van der Waals surface area contributed by atoms with Gasteiger partial charge < -0.3 is 0 Å². The summed E-state index contributed by atoms with van der Waals surface area (Å²) in [5, 5.41) is 3.85. The van der Waals surface area contributed by atoms with E-state index in [-0.39, 0.29) is 11.1 Å². The first kappa shape index (κ1) is 15.8. The SMILES string of the molecule is Cc1cc(Br)c(C)nc1-n1ncc(C(C)(F)F)c(C)c1=O. The Balaban J connectivity index is 2.71. The third-order valence-electron chi connectivity index (χ3n) is 3.21. The summed E-state index contributed by atoms with van der Waals surface area (Å²) in [6.07, 6.45) is 1.02. The number of hydrogen-bond donors (Lipinski definition) is 0. The van der Waals surface area contributed by atoms with Gasteiger partial charge in [-0.3, -0.25) is 4.79 Å². The number of nitrogens with zero attached hydrogens (tertiary/aromatic N) is 3. The van der Waals surface area contributed by atoms with E-state index in [2.05, 4.69) is 26.0 Å². The standard InChI is InChI=1S/C14H14BrF2N3O/c1-7-5-11(15)9(3)19-12(7)20-13(21)8(2)10(6-18-20)14(4,16)17/h5-6H,1-4H3. The Morgan fingerprint density at radius 3 is 2.48 bits per heavy atom. The van der Waals surface area contributed by atoms with Gasteiger partial charge in [-0.25, -0.2) is 13.8 Å². The van der Waals surface area contributed by atoms with Gasteiger partial charge >= 0.3 is 0 Å². The normalized spacial score (nSPS) is 11.8. The van der Waals surface area contributed by atoms with Crippen molar-refractivity contribution in [3.8, 4) is 5.82 Å². The lowest BCUT2D eigenvalue weighted by Crippen LogP contribution is -2.28. The second-order valence-corrected chi connectivity index (χ2v) is 5.84. The van der Waals surface area contributed by atoms with Crippen molar-refractivity contribution in [2.75, 3.05) is 0 Å². The summed E-state index contributed by atoms with van der Waals surface area (Å²) in [5.41, 5.74) is 0.421. The van der Waals surface area contributed by atoms with E-state index in [1.165, 1.54) is 6.92 Å². The minimum absolute atomic E-state index is 0.0285. The summed E-state index contributed by atoms with van der Waals surface area (Å²) in [5.74, 6) is -2.76. The maximum Gasteiger partial charge on any atom is 0.276 e. The summed E-state index contributed by atoms with van der Waals surface area (Å²) in [7, 11) is 0. The molecule has 21 heavy (non-hydrogen) atoms. The second kappa shape index (κ2) is 5.29. The summed E-state index contributed by atoms with van der Waals surface area (Å²) >= 11 is 3.35. The molecule has 0 aliphatic heterocycles. The third-order valence-corrected chi connectivity index (χ3v) is 4.01. The fourth-order valence-electron chi connectivity index (χ4n) is 2.01. The average molecular weight is 358 g/mol. The molecule has 7 heteroatoms. The summed E-state index contributed by atoms with van der Waals surface area (Å²) in [4.78, 5) is 16.6. The number of hydrogen-bond acceptors (Lipinski definition) is 3. The van der Waals surface area contributed by atoms with E-state index in [1.807, 2.05) is 6.07 Å². The van der Waals surface area contributed by atoms with Gasteiger partial charge in [0.15, 0.2) is 5.82 Å². The molecule has 0 fully saturated rings. The van der Waals surface area contributed by atoms with Crippen molar-refractivity contribution in [1.82, 2.24) is 14.8 Å². The Kier molecular flexibility index (Phi) is 3.97. The quantitative estimate of drug-likeness (QED) is 0.827.